The molecule has 2 heterocycles. The number of hydrogen-bond donors (Lipinski definition) is 2. The van der Waals surface area contributed by atoms with Gasteiger partial charge in [-0.2, -0.15) is 0 Å². The maximum atomic E-state index is 10.9. The zero-order valence-corrected chi connectivity index (χ0v) is 8.67. The molecule has 0 aromatic carbocycles. The average molecular weight is 230 g/mol. The van der Waals surface area contributed by atoms with Gasteiger partial charge in [0.05, 0.1) is 13.1 Å². The van der Waals surface area contributed by atoms with E-state index in [0.717, 1.165) is 0 Å². The van der Waals surface area contributed by atoms with E-state index in [9.17, 15) is 9.59 Å². The highest BCUT2D eigenvalue weighted by molar-refractivity contribution is 5.72. The van der Waals surface area contributed by atoms with E-state index in [1.807, 2.05) is 0 Å². The first kappa shape index (κ1) is 11.0. The van der Waals surface area contributed by atoms with Crippen LogP contribution in [0.3, 0.4) is 0 Å². The maximum absolute atomic E-state index is 10.9. The lowest BCUT2D eigenvalue weighted by Gasteiger charge is -2.43. The van der Waals surface area contributed by atoms with Crippen molar-refractivity contribution in [1.29, 1.82) is 0 Å². The molecule has 2 rings (SSSR count). The van der Waals surface area contributed by atoms with Gasteiger partial charge in [0.1, 0.15) is 25.7 Å². The molecule has 0 aromatic rings. The number of nitrogens with two attached hydrogens (primary N) is 2. The summed E-state index contributed by atoms with van der Waals surface area (Å²) in [6.45, 7) is 0.998. The number of amides is 4. The molecule has 0 aliphatic carbocycles. The van der Waals surface area contributed by atoms with Gasteiger partial charge in [-0.05, 0) is 0 Å². The molecule has 2 saturated heterocycles. The Morgan fingerprint density at radius 1 is 0.938 bits per heavy atom. The SMILES string of the molecule is NC(=O)N1COC2CN(C(N)=O)COC2C1. The number of nitrogens with zero attached hydrogens (tertiary/aromatic N) is 2. The van der Waals surface area contributed by atoms with Crippen molar-refractivity contribution in [2.45, 2.75) is 12.2 Å². The van der Waals surface area contributed by atoms with E-state index in [1.54, 1.807) is 0 Å². The highest BCUT2D eigenvalue weighted by atomic mass is 16.6. The lowest BCUT2D eigenvalue weighted by molar-refractivity contribution is -0.188. The van der Waals surface area contributed by atoms with Crippen molar-refractivity contribution < 1.29 is 19.1 Å². The minimum Gasteiger partial charge on any atom is -0.353 e. The predicted octanol–water partition coefficient (Wildman–Crippen LogP) is -1.54. The zero-order valence-electron chi connectivity index (χ0n) is 8.67. The Hall–Kier alpha value is -1.54. The van der Waals surface area contributed by atoms with Crippen LogP contribution in [0, 0.1) is 0 Å². The van der Waals surface area contributed by atoms with Gasteiger partial charge in [0, 0.05) is 0 Å². The van der Waals surface area contributed by atoms with Gasteiger partial charge in [0.25, 0.3) is 0 Å². The third-order valence-corrected chi connectivity index (χ3v) is 2.73. The number of urea groups is 2. The Balaban J connectivity index is 1.95. The van der Waals surface area contributed by atoms with Gasteiger partial charge in [-0.15, -0.1) is 0 Å². The fraction of sp³-hybridized carbons (Fsp3) is 0.750. The Kier molecular flexibility index (Phi) is 2.84. The quantitative estimate of drug-likeness (QED) is 0.525. The molecule has 0 saturated carbocycles. The van der Waals surface area contributed by atoms with E-state index in [4.69, 9.17) is 20.9 Å². The topological polar surface area (TPSA) is 111 Å². The van der Waals surface area contributed by atoms with E-state index in [1.165, 1.54) is 9.80 Å². The van der Waals surface area contributed by atoms with Crippen LogP contribution in [0.15, 0.2) is 0 Å². The second-order valence-corrected chi connectivity index (χ2v) is 3.79. The third kappa shape index (κ3) is 2.02. The lowest BCUT2D eigenvalue weighted by atomic mass is 10.1. The van der Waals surface area contributed by atoms with Crippen LogP contribution in [0.2, 0.25) is 0 Å². The van der Waals surface area contributed by atoms with Gasteiger partial charge < -0.3 is 20.9 Å². The summed E-state index contributed by atoms with van der Waals surface area (Å²) in [7, 11) is 0. The number of rotatable bonds is 0. The number of hydrogen-bond acceptors (Lipinski definition) is 4. The smallest absolute Gasteiger partial charge is 0.316 e. The summed E-state index contributed by atoms with van der Waals surface area (Å²) in [5.41, 5.74) is 10.3. The maximum Gasteiger partial charge on any atom is 0.316 e. The summed E-state index contributed by atoms with van der Waals surface area (Å²) in [6, 6.07) is -1.08. The van der Waals surface area contributed by atoms with Crippen molar-refractivity contribution in [2.75, 3.05) is 26.6 Å². The van der Waals surface area contributed by atoms with Gasteiger partial charge in [-0.3, -0.25) is 9.80 Å². The second kappa shape index (κ2) is 4.14. The van der Waals surface area contributed by atoms with Crippen molar-refractivity contribution >= 4 is 12.1 Å². The van der Waals surface area contributed by atoms with E-state index in [-0.39, 0.29) is 25.7 Å². The molecule has 0 aromatic heterocycles. The molecule has 8 heteroatoms. The Morgan fingerprint density at radius 2 is 1.31 bits per heavy atom. The van der Waals surface area contributed by atoms with Crippen molar-refractivity contribution in [3.8, 4) is 0 Å². The summed E-state index contributed by atoms with van der Waals surface area (Å²) in [5.74, 6) is 0. The lowest BCUT2D eigenvalue weighted by Crippen LogP contribution is -2.61. The summed E-state index contributed by atoms with van der Waals surface area (Å²) in [4.78, 5) is 24.6. The largest absolute Gasteiger partial charge is 0.353 e. The number of ether oxygens (including phenoxy) is 2. The normalized spacial score (nSPS) is 29.8. The van der Waals surface area contributed by atoms with Crippen LogP contribution in [0.5, 0.6) is 0 Å². The minimum atomic E-state index is -0.542. The Labute approximate surface area is 92.0 Å². The van der Waals surface area contributed by atoms with Gasteiger partial charge in [0.15, 0.2) is 0 Å². The van der Waals surface area contributed by atoms with Gasteiger partial charge in [-0.25, -0.2) is 9.59 Å². The van der Waals surface area contributed by atoms with E-state index in [0.29, 0.717) is 13.1 Å². The molecule has 2 fully saturated rings. The summed E-state index contributed by atoms with van der Waals surface area (Å²) in [6.07, 6.45) is -0.506. The first-order chi connectivity index (χ1) is 7.58. The standard InChI is InChI=1S/C8H14N4O4/c9-7(13)11-1-5-6(16-3-11)2-12(4-15-5)8(10)14/h5-6H,1-4H2,(H2,9,13)(H2,10,14). The van der Waals surface area contributed by atoms with E-state index in [2.05, 4.69) is 0 Å². The van der Waals surface area contributed by atoms with E-state index >= 15 is 0 Å². The third-order valence-electron chi connectivity index (χ3n) is 2.73. The van der Waals surface area contributed by atoms with Crippen LogP contribution < -0.4 is 11.5 Å². The summed E-state index contributed by atoms with van der Waals surface area (Å²) >= 11 is 0. The molecule has 4 amide bonds. The van der Waals surface area contributed by atoms with Crippen molar-refractivity contribution in [3.63, 3.8) is 0 Å². The highest BCUT2D eigenvalue weighted by Gasteiger charge is 2.37. The molecule has 8 nitrogen and oxygen atoms in total. The second-order valence-electron chi connectivity index (χ2n) is 3.79. The van der Waals surface area contributed by atoms with Crippen LogP contribution in [0.25, 0.3) is 0 Å². The van der Waals surface area contributed by atoms with Crippen LogP contribution in [0.4, 0.5) is 9.59 Å². The zero-order chi connectivity index (χ0) is 11.7. The van der Waals surface area contributed by atoms with Gasteiger partial charge in [-0.1, -0.05) is 0 Å². The fourth-order valence-electron chi connectivity index (χ4n) is 1.77. The number of fused-ring (bicyclic) bond motifs is 1. The molecule has 2 unspecified atom stereocenters. The molecular formula is C8H14N4O4. The minimum absolute atomic E-state index is 0.118. The number of carbonyl (C=O) groups is 2. The first-order valence-corrected chi connectivity index (χ1v) is 4.90. The van der Waals surface area contributed by atoms with Crippen LogP contribution in [0.1, 0.15) is 0 Å². The predicted molar refractivity (Wildman–Crippen MR) is 52.1 cm³/mol. The number of carbonyl (C=O) groups excluding carboxylic acids is 2. The molecule has 0 bridgehead atoms. The molecular weight excluding hydrogens is 216 g/mol. The fourth-order valence-corrected chi connectivity index (χ4v) is 1.77. The molecule has 2 atom stereocenters. The van der Waals surface area contributed by atoms with Crippen molar-refractivity contribution in [2.24, 2.45) is 11.5 Å². The molecule has 4 N–H and O–H groups in total. The van der Waals surface area contributed by atoms with Gasteiger partial charge in [0.2, 0.25) is 0 Å². The molecule has 0 spiro atoms. The molecule has 2 aliphatic rings. The van der Waals surface area contributed by atoms with Crippen molar-refractivity contribution in [3.05, 3.63) is 0 Å². The molecule has 0 radical (unpaired) electrons. The number of primary amides is 2. The van der Waals surface area contributed by atoms with Crippen LogP contribution >= 0.6 is 0 Å². The van der Waals surface area contributed by atoms with Crippen LogP contribution in [-0.4, -0.2) is 60.6 Å². The van der Waals surface area contributed by atoms with Crippen LogP contribution in [-0.2, 0) is 9.47 Å². The molecule has 2 aliphatic heterocycles. The first-order valence-electron chi connectivity index (χ1n) is 4.90. The Morgan fingerprint density at radius 3 is 1.62 bits per heavy atom. The molecule has 16 heavy (non-hydrogen) atoms. The monoisotopic (exact) mass is 230 g/mol. The summed E-state index contributed by atoms with van der Waals surface area (Å²) in [5, 5.41) is 0. The molecule has 90 valence electrons. The summed E-state index contributed by atoms with van der Waals surface area (Å²) < 4.78 is 10.8. The highest BCUT2D eigenvalue weighted by Crippen LogP contribution is 2.19. The average Bonchev–Trinajstić information content (AvgIpc) is 2.27. The van der Waals surface area contributed by atoms with Crippen molar-refractivity contribution in [1.82, 2.24) is 9.80 Å². The van der Waals surface area contributed by atoms with E-state index < -0.39 is 12.1 Å². The van der Waals surface area contributed by atoms with Gasteiger partial charge >= 0.3 is 12.1 Å². The Bertz CT molecular complexity index is 280.